The maximum atomic E-state index is 11.8. The fourth-order valence-corrected chi connectivity index (χ4v) is 2.22. The standard InChI is InChI=1S/C9H9N3O5S/c1-12-5-6(4-10-12)11-18(15,16)8-3-2-7(17-8)9(13)14/h2-5,11H,1H3,(H,13,14). The van der Waals surface area contributed by atoms with Crippen LogP contribution >= 0.6 is 0 Å². The van der Waals surface area contributed by atoms with Crippen LogP contribution < -0.4 is 4.72 Å². The first-order valence-electron chi connectivity index (χ1n) is 4.73. The first-order chi connectivity index (χ1) is 8.38. The highest BCUT2D eigenvalue weighted by atomic mass is 32.2. The minimum atomic E-state index is -3.95. The molecule has 0 aliphatic carbocycles. The van der Waals surface area contributed by atoms with E-state index in [0.29, 0.717) is 0 Å². The van der Waals surface area contributed by atoms with Gasteiger partial charge in [0.1, 0.15) is 0 Å². The van der Waals surface area contributed by atoms with Gasteiger partial charge in [-0.1, -0.05) is 0 Å². The quantitative estimate of drug-likeness (QED) is 0.837. The normalized spacial score (nSPS) is 11.4. The molecule has 9 heteroatoms. The van der Waals surface area contributed by atoms with Gasteiger partial charge in [-0.15, -0.1) is 0 Å². The second kappa shape index (κ2) is 4.18. The first-order valence-corrected chi connectivity index (χ1v) is 6.21. The molecule has 96 valence electrons. The summed E-state index contributed by atoms with van der Waals surface area (Å²) in [6, 6.07) is 2.14. The average molecular weight is 271 g/mol. The lowest BCUT2D eigenvalue weighted by molar-refractivity contribution is 0.0656. The number of aryl methyl sites for hydroxylation is 1. The Morgan fingerprint density at radius 2 is 2.22 bits per heavy atom. The van der Waals surface area contributed by atoms with Gasteiger partial charge in [0.15, 0.2) is 0 Å². The minimum Gasteiger partial charge on any atom is -0.475 e. The molecule has 8 nitrogen and oxygen atoms in total. The number of aromatic carboxylic acids is 1. The molecule has 0 bridgehead atoms. The van der Waals surface area contributed by atoms with Crippen molar-refractivity contribution < 1.29 is 22.7 Å². The number of carboxylic acids is 1. The molecular formula is C9H9N3O5S. The molecule has 2 rings (SSSR count). The van der Waals surface area contributed by atoms with Crippen molar-refractivity contribution in [2.75, 3.05) is 4.72 Å². The molecule has 0 fully saturated rings. The molecule has 2 aromatic rings. The summed E-state index contributed by atoms with van der Waals surface area (Å²) < 4.78 is 32.0. The summed E-state index contributed by atoms with van der Waals surface area (Å²) in [6.45, 7) is 0. The topological polar surface area (TPSA) is 114 Å². The van der Waals surface area contributed by atoms with Gasteiger partial charge in [-0.2, -0.15) is 13.5 Å². The van der Waals surface area contributed by atoms with Crippen molar-refractivity contribution in [3.05, 3.63) is 30.3 Å². The molecule has 2 N–H and O–H groups in total. The highest BCUT2D eigenvalue weighted by Crippen LogP contribution is 2.17. The summed E-state index contributed by atoms with van der Waals surface area (Å²) in [5.41, 5.74) is 0.255. The highest BCUT2D eigenvalue weighted by Gasteiger charge is 2.21. The molecule has 0 aromatic carbocycles. The SMILES string of the molecule is Cn1cc(NS(=O)(=O)c2ccc(C(=O)O)o2)cn1. The average Bonchev–Trinajstić information content (AvgIpc) is 2.86. The lowest BCUT2D eigenvalue weighted by atomic mass is 10.5. The lowest BCUT2D eigenvalue weighted by Gasteiger charge is -2.01. The van der Waals surface area contributed by atoms with Crippen molar-refractivity contribution >= 4 is 21.7 Å². The smallest absolute Gasteiger partial charge is 0.371 e. The van der Waals surface area contributed by atoms with Gasteiger partial charge in [-0.3, -0.25) is 9.40 Å². The Hall–Kier alpha value is -2.29. The van der Waals surface area contributed by atoms with Crippen molar-refractivity contribution in [3.63, 3.8) is 0 Å². The van der Waals surface area contributed by atoms with Crippen molar-refractivity contribution in [1.29, 1.82) is 0 Å². The van der Waals surface area contributed by atoms with E-state index >= 15 is 0 Å². The number of nitrogens with one attached hydrogen (secondary N) is 1. The number of carbonyl (C=O) groups is 1. The molecule has 0 aliphatic heterocycles. The van der Waals surface area contributed by atoms with Crippen LogP contribution in [0.15, 0.2) is 34.0 Å². The van der Waals surface area contributed by atoms with Gasteiger partial charge >= 0.3 is 5.97 Å². The Balaban J connectivity index is 2.27. The molecule has 0 radical (unpaired) electrons. The predicted molar refractivity (Wildman–Crippen MR) is 59.7 cm³/mol. The first kappa shape index (κ1) is 12.2. The van der Waals surface area contributed by atoms with E-state index in [4.69, 9.17) is 9.52 Å². The molecule has 0 amide bonds. The van der Waals surface area contributed by atoms with Crippen LogP contribution in [0.4, 0.5) is 5.69 Å². The Morgan fingerprint density at radius 3 is 2.72 bits per heavy atom. The Labute approximate surface area is 102 Å². The van der Waals surface area contributed by atoms with E-state index in [2.05, 4.69) is 9.82 Å². The van der Waals surface area contributed by atoms with Crippen LogP contribution in [0.3, 0.4) is 0 Å². The predicted octanol–water partition coefficient (Wildman–Crippen LogP) is 0.512. The van der Waals surface area contributed by atoms with E-state index in [1.165, 1.54) is 17.1 Å². The molecule has 0 atom stereocenters. The monoisotopic (exact) mass is 271 g/mol. The van der Waals surface area contributed by atoms with Crippen molar-refractivity contribution in [2.24, 2.45) is 7.05 Å². The van der Waals surface area contributed by atoms with Gasteiger partial charge in [0.25, 0.3) is 10.0 Å². The molecular weight excluding hydrogens is 262 g/mol. The molecule has 18 heavy (non-hydrogen) atoms. The summed E-state index contributed by atoms with van der Waals surface area (Å²) in [5.74, 6) is -1.78. The minimum absolute atomic E-state index is 0.255. The van der Waals surface area contributed by atoms with E-state index in [0.717, 1.165) is 12.1 Å². The van der Waals surface area contributed by atoms with E-state index in [1.807, 2.05) is 0 Å². The number of hydrogen-bond donors (Lipinski definition) is 2. The Bertz CT molecular complexity index is 685. The Morgan fingerprint density at radius 1 is 1.50 bits per heavy atom. The van der Waals surface area contributed by atoms with E-state index in [9.17, 15) is 13.2 Å². The molecule has 0 saturated carbocycles. The molecule has 2 heterocycles. The van der Waals surface area contributed by atoms with Crippen LogP contribution in [0.2, 0.25) is 0 Å². The summed E-state index contributed by atoms with van der Waals surface area (Å²) in [6.07, 6.45) is 2.77. The van der Waals surface area contributed by atoms with Gasteiger partial charge < -0.3 is 9.52 Å². The third kappa shape index (κ3) is 2.35. The van der Waals surface area contributed by atoms with E-state index in [-0.39, 0.29) is 5.69 Å². The molecule has 0 saturated heterocycles. The van der Waals surface area contributed by atoms with Gasteiger partial charge in [0.2, 0.25) is 10.9 Å². The zero-order valence-electron chi connectivity index (χ0n) is 9.19. The second-order valence-electron chi connectivity index (χ2n) is 3.43. The number of anilines is 1. The molecule has 2 aromatic heterocycles. The van der Waals surface area contributed by atoms with Gasteiger partial charge in [-0.05, 0) is 12.1 Å². The highest BCUT2D eigenvalue weighted by molar-refractivity contribution is 7.92. The fourth-order valence-electron chi connectivity index (χ4n) is 1.26. The van der Waals surface area contributed by atoms with Gasteiger partial charge in [-0.25, -0.2) is 4.79 Å². The van der Waals surface area contributed by atoms with Crippen LogP contribution in [-0.2, 0) is 17.1 Å². The van der Waals surface area contributed by atoms with Crippen LogP contribution in [-0.4, -0.2) is 29.3 Å². The third-order valence-electron chi connectivity index (χ3n) is 2.01. The van der Waals surface area contributed by atoms with E-state index < -0.39 is 26.8 Å². The van der Waals surface area contributed by atoms with Crippen LogP contribution in [0.25, 0.3) is 0 Å². The molecule has 0 spiro atoms. The number of aromatic nitrogens is 2. The van der Waals surface area contributed by atoms with Crippen LogP contribution in [0.5, 0.6) is 0 Å². The van der Waals surface area contributed by atoms with Crippen molar-refractivity contribution in [1.82, 2.24) is 9.78 Å². The number of nitrogens with zero attached hydrogens (tertiary/aromatic N) is 2. The summed E-state index contributed by atoms with van der Waals surface area (Å²) in [7, 11) is -2.31. The summed E-state index contributed by atoms with van der Waals surface area (Å²) >= 11 is 0. The summed E-state index contributed by atoms with van der Waals surface area (Å²) in [5, 5.41) is 12.0. The zero-order valence-corrected chi connectivity index (χ0v) is 10.0. The zero-order chi connectivity index (χ0) is 13.3. The van der Waals surface area contributed by atoms with Gasteiger partial charge in [0, 0.05) is 13.2 Å². The third-order valence-corrected chi connectivity index (χ3v) is 3.27. The van der Waals surface area contributed by atoms with E-state index in [1.54, 1.807) is 7.05 Å². The Kier molecular flexibility index (Phi) is 2.83. The second-order valence-corrected chi connectivity index (χ2v) is 5.05. The van der Waals surface area contributed by atoms with Crippen LogP contribution in [0.1, 0.15) is 10.6 Å². The fraction of sp³-hybridized carbons (Fsp3) is 0.111. The van der Waals surface area contributed by atoms with Crippen molar-refractivity contribution in [2.45, 2.75) is 5.09 Å². The lowest BCUT2D eigenvalue weighted by Crippen LogP contribution is -2.11. The number of hydrogen-bond acceptors (Lipinski definition) is 5. The summed E-state index contributed by atoms with van der Waals surface area (Å²) in [4.78, 5) is 10.6. The number of rotatable bonds is 4. The maximum Gasteiger partial charge on any atom is 0.371 e. The maximum absolute atomic E-state index is 11.8. The van der Waals surface area contributed by atoms with Crippen molar-refractivity contribution in [3.8, 4) is 0 Å². The number of furan rings is 1. The number of sulfonamides is 1. The largest absolute Gasteiger partial charge is 0.475 e. The molecule has 0 aliphatic rings. The molecule has 0 unspecified atom stereocenters. The van der Waals surface area contributed by atoms with Gasteiger partial charge in [0.05, 0.1) is 11.9 Å². The number of carboxylic acid groups (broad SMARTS) is 1. The van der Waals surface area contributed by atoms with Crippen LogP contribution in [0, 0.1) is 0 Å².